The second kappa shape index (κ2) is 5.60. The second-order valence-electron chi connectivity index (χ2n) is 5.59. The number of pyridine rings is 1. The van der Waals surface area contributed by atoms with E-state index >= 15 is 0 Å². The van der Waals surface area contributed by atoms with Crippen LogP contribution in [-0.2, 0) is 0 Å². The van der Waals surface area contributed by atoms with Crippen LogP contribution in [0.25, 0.3) is 0 Å². The molecule has 0 N–H and O–H groups in total. The van der Waals surface area contributed by atoms with Crippen LogP contribution in [0.2, 0.25) is 0 Å². The maximum Gasteiger partial charge on any atom is 0.135 e. The van der Waals surface area contributed by atoms with Crippen LogP contribution in [-0.4, -0.2) is 41.1 Å². The zero-order valence-corrected chi connectivity index (χ0v) is 13.0. The molecular formula is C16H18N6. The van der Waals surface area contributed by atoms with Crippen molar-refractivity contribution in [3.8, 4) is 6.07 Å². The molecule has 1 aliphatic heterocycles. The minimum Gasteiger partial charge on any atom is -0.353 e. The van der Waals surface area contributed by atoms with E-state index in [1.54, 1.807) is 18.6 Å². The molecular weight excluding hydrogens is 276 g/mol. The maximum absolute atomic E-state index is 8.82. The zero-order valence-electron chi connectivity index (χ0n) is 13.0. The van der Waals surface area contributed by atoms with Gasteiger partial charge in [0.25, 0.3) is 0 Å². The molecule has 22 heavy (non-hydrogen) atoms. The molecule has 6 nitrogen and oxygen atoms in total. The fraction of sp³-hybridized carbons (Fsp3) is 0.375. The lowest BCUT2D eigenvalue weighted by Crippen LogP contribution is -2.59. The molecule has 3 rings (SSSR count). The van der Waals surface area contributed by atoms with Gasteiger partial charge < -0.3 is 9.80 Å². The summed E-state index contributed by atoms with van der Waals surface area (Å²) in [6.45, 7) is 5.89. The van der Waals surface area contributed by atoms with Gasteiger partial charge >= 0.3 is 0 Å². The van der Waals surface area contributed by atoms with Gasteiger partial charge in [-0.05, 0) is 26.0 Å². The van der Waals surface area contributed by atoms with Gasteiger partial charge in [-0.3, -0.25) is 0 Å². The largest absolute Gasteiger partial charge is 0.353 e. The Morgan fingerprint density at radius 1 is 1.23 bits per heavy atom. The normalized spacial score (nSPS) is 14.4. The quantitative estimate of drug-likeness (QED) is 0.858. The lowest BCUT2D eigenvalue weighted by Gasteiger charge is -2.45. The number of aryl methyl sites for hydroxylation is 1. The SMILES string of the molecule is Cc1ncnc(N2CC(N(C)c3ccc(C#N)cn3)C2)c1C. The molecule has 6 heteroatoms. The van der Waals surface area contributed by atoms with Crippen LogP contribution in [0, 0.1) is 25.2 Å². The topological polar surface area (TPSA) is 68.9 Å². The molecule has 0 aliphatic carbocycles. The van der Waals surface area contributed by atoms with Crippen molar-refractivity contribution < 1.29 is 0 Å². The summed E-state index contributed by atoms with van der Waals surface area (Å²) in [5, 5.41) is 8.82. The van der Waals surface area contributed by atoms with Gasteiger partial charge in [-0.25, -0.2) is 15.0 Å². The third-order valence-corrected chi connectivity index (χ3v) is 4.26. The number of nitrogens with zero attached hydrogens (tertiary/aromatic N) is 6. The monoisotopic (exact) mass is 294 g/mol. The van der Waals surface area contributed by atoms with Gasteiger partial charge in [0.05, 0.1) is 11.6 Å². The van der Waals surface area contributed by atoms with Gasteiger partial charge in [-0.2, -0.15) is 5.26 Å². The first-order valence-corrected chi connectivity index (χ1v) is 7.22. The van der Waals surface area contributed by atoms with Crippen molar-refractivity contribution in [3.63, 3.8) is 0 Å². The molecule has 1 aliphatic rings. The van der Waals surface area contributed by atoms with Gasteiger partial charge in [-0.1, -0.05) is 0 Å². The van der Waals surface area contributed by atoms with E-state index in [0.29, 0.717) is 11.6 Å². The Labute approximate surface area is 130 Å². The van der Waals surface area contributed by atoms with Crippen LogP contribution < -0.4 is 9.80 Å². The average Bonchev–Trinajstić information content (AvgIpc) is 2.50. The van der Waals surface area contributed by atoms with Gasteiger partial charge in [0.15, 0.2) is 0 Å². The first-order valence-electron chi connectivity index (χ1n) is 7.22. The van der Waals surface area contributed by atoms with Crippen LogP contribution in [0.15, 0.2) is 24.7 Å². The fourth-order valence-electron chi connectivity index (χ4n) is 2.57. The molecule has 0 aromatic carbocycles. The van der Waals surface area contributed by atoms with Crippen LogP contribution in [0.3, 0.4) is 0 Å². The molecule has 0 spiro atoms. The highest BCUT2D eigenvalue weighted by Gasteiger charge is 2.32. The molecule has 3 heterocycles. The van der Waals surface area contributed by atoms with E-state index in [1.807, 2.05) is 20.0 Å². The Hall–Kier alpha value is -2.68. The van der Waals surface area contributed by atoms with E-state index in [4.69, 9.17) is 5.26 Å². The first kappa shape index (κ1) is 14.3. The van der Waals surface area contributed by atoms with Crippen molar-refractivity contribution in [1.29, 1.82) is 5.26 Å². The van der Waals surface area contributed by atoms with Crippen molar-refractivity contribution in [2.24, 2.45) is 0 Å². The van der Waals surface area contributed by atoms with E-state index in [-0.39, 0.29) is 0 Å². The average molecular weight is 294 g/mol. The van der Waals surface area contributed by atoms with Crippen molar-refractivity contribution in [2.45, 2.75) is 19.9 Å². The van der Waals surface area contributed by atoms with Crippen molar-refractivity contribution in [2.75, 3.05) is 29.9 Å². The number of likely N-dealkylation sites (N-methyl/N-ethyl adjacent to an activating group) is 1. The molecule has 0 bridgehead atoms. The van der Waals surface area contributed by atoms with E-state index in [1.165, 1.54) is 0 Å². The standard InChI is InChI=1S/C16H18N6/c1-11-12(2)19-10-20-16(11)22-8-14(9-22)21(3)15-5-4-13(6-17)7-18-15/h4-5,7,10,14H,8-9H2,1-3H3. The summed E-state index contributed by atoms with van der Waals surface area (Å²) in [6.07, 6.45) is 3.23. The molecule has 0 amide bonds. The highest BCUT2D eigenvalue weighted by Crippen LogP contribution is 2.26. The summed E-state index contributed by atoms with van der Waals surface area (Å²) >= 11 is 0. The number of anilines is 2. The summed E-state index contributed by atoms with van der Waals surface area (Å²) in [4.78, 5) is 17.4. The Balaban J connectivity index is 1.67. The molecule has 2 aromatic rings. The van der Waals surface area contributed by atoms with E-state index in [9.17, 15) is 0 Å². The lowest BCUT2D eigenvalue weighted by atomic mass is 10.1. The highest BCUT2D eigenvalue weighted by molar-refractivity contribution is 5.53. The first-order chi connectivity index (χ1) is 10.6. The van der Waals surface area contributed by atoms with Gasteiger partial charge in [0.2, 0.25) is 0 Å². The zero-order chi connectivity index (χ0) is 15.7. The van der Waals surface area contributed by atoms with E-state index in [2.05, 4.69) is 37.7 Å². The fourth-order valence-corrected chi connectivity index (χ4v) is 2.57. The molecule has 1 saturated heterocycles. The third-order valence-electron chi connectivity index (χ3n) is 4.26. The predicted molar refractivity (Wildman–Crippen MR) is 84.9 cm³/mol. The Bertz CT molecular complexity index is 712. The number of aromatic nitrogens is 3. The molecule has 2 aromatic heterocycles. The highest BCUT2D eigenvalue weighted by atomic mass is 15.3. The number of hydrogen-bond acceptors (Lipinski definition) is 6. The van der Waals surface area contributed by atoms with Crippen LogP contribution >= 0.6 is 0 Å². The summed E-state index contributed by atoms with van der Waals surface area (Å²) in [7, 11) is 2.04. The third kappa shape index (κ3) is 2.46. The molecule has 1 fully saturated rings. The van der Waals surface area contributed by atoms with Gasteiger partial charge in [-0.15, -0.1) is 0 Å². The number of nitriles is 1. The second-order valence-corrected chi connectivity index (χ2v) is 5.59. The summed E-state index contributed by atoms with van der Waals surface area (Å²) < 4.78 is 0. The van der Waals surface area contributed by atoms with E-state index in [0.717, 1.165) is 36.0 Å². The van der Waals surface area contributed by atoms with Crippen molar-refractivity contribution >= 4 is 11.6 Å². The van der Waals surface area contributed by atoms with Crippen molar-refractivity contribution in [1.82, 2.24) is 15.0 Å². The number of rotatable bonds is 3. The smallest absolute Gasteiger partial charge is 0.135 e. The summed E-state index contributed by atoms with van der Waals surface area (Å²) in [5.41, 5.74) is 2.75. The Morgan fingerprint density at radius 3 is 2.64 bits per heavy atom. The molecule has 0 saturated carbocycles. The molecule has 112 valence electrons. The van der Waals surface area contributed by atoms with Crippen LogP contribution in [0.1, 0.15) is 16.8 Å². The molecule has 0 radical (unpaired) electrons. The maximum atomic E-state index is 8.82. The van der Waals surface area contributed by atoms with E-state index < -0.39 is 0 Å². The molecule has 0 unspecified atom stereocenters. The van der Waals surface area contributed by atoms with Crippen LogP contribution in [0.4, 0.5) is 11.6 Å². The van der Waals surface area contributed by atoms with Crippen molar-refractivity contribution in [3.05, 3.63) is 41.5 Å². The Morgan fingerprint density at radius 2 is 2.00 bits per heavy atom. The summed E-state index contributed by atoms with van der Waals surface area (Å²) in [5.74, 6) is 1.91. The Kier molecular flexibility index (Phi) is 3.63. The predicted octanol–water partition coefficient (Wildman–Crippen LogP) is 1.69. The summed E-state index contributed by atoms with van der Waals surface area (Å²) in [6, 6.07) is 6.17. The van der Waals surface area contributed by atoms with Gasteiger partial charge in [0.1, 0.15) is 24.0 Å². The lowest BCUT2D eigenvalue weighted by molar-refractivity contribution is 0.488. The number of hydrogen-bond donors (Lipinski definition) is 0. The minimum atomic E-state index is 0.398. The van der Waals surface area contributed by atoms with Crippen LogP contribution in [0.5, 0.6) is 0 Å². The minimum absolute atomic E-state index is 0.398. The van der Waals surface area contributed by atoms with Gasteiger partial charge in [0, 0.05) is 37.6 Å². The molecule has 0 atom stereocenters.